The maximum atomic E-state index is 12.7. The Bertz CT molecular complexity index is 702. The summed E-state index contributed by atoms with van der Waals surface area (Å²) in [5.41, 5.74) is 0.957. The first kappa shape index (κ1) is 17.1. The molecule has 132 valence electrons. The third-order valence-electron chi connectivity index (χ3n) is 4.53. The van der Waals surface area contributed by atoms with Gasteiger partial charge in [-0.25, -0.2) is 4.98 Å². The number of piperidine rings is 1. The second kappa shape index (κ2) is 7.92. The Labute approximate surface area is 147 Å². The van der Waals surface area contributed by atoms with Crippen LogP contribution in [0.25, 0.3) is 0 Å². The second-order valence-corrected chi connectivity index (χ2v) is 6.38. The summed E-state index contributed by atoms with van der Waals surface area (Å²) >= 11 is 0. The van der Waals surface area contributed by atoms with E-state index in [9.17, 15) is 9.59 Å². The third kappa shape index (κ3) is 4.43. The molecule has 1 aliphatic rings. The van der Waals surface area contributed by atoms with Crippen LogP contribution in [0.4, 0.5) is 0 Å². The van der Waals surface area contributed by atoms with Crippen LogP contribution in [0.1, 0.15) is 24.4 Å². The number of aromatic nitrogens is 3. The normalized spacial score (nSPS) is 17.6. The highest BCUT2D eigenvalue weighted by Gasteiger charge is 2.31. The summed E-state index contributed by atoms with van der Waals surface area (Å²) in [5.74, 6) is 0.788. The van der Waals surface area contributed by atoms with E-state index < -0.39 is 0 Å². The highest BCUT2D eigenvalue weighted by molar-refractivity contribution is 5.83. The molecular weight excluding hydrogens is 318 g/mol. The minimum absolute atomic E-state index is 0.0618. The number of rotatable bonds is 6. The highest BCUT2D eigenvalue weighted by atomic mass is 16.2. The Kier molecular flexibility index (Phi) is 5.42. The number of aromatic amines is 1. The number of nitrogens with one attached hydrogen (secondary N) is 1. The number of carbonyl (C=O) groups excluding carboxylic acids is 2. The number of imidazole rings is 1. The Morgan fingerprint density at radius 2 is 2.24 bits per heavy atom. The molecule has 1 atom stereocenters. The van der Waals surface area contributed by atoms with E-state index in [0.717, 1.165) is 11.5 Å². The van der Waals surface area contributed by atoms with Crippen LogP contribution in [0.5, 0.6) is 0 Å². The minimum Gasteiger partial charge on any atom is -0.347 e. The molecule has 1 fully saturated rings. The van der Waals surface area contributed by atoms with E-state index in [1.165, 1.54) is 0 Å². The fraction of sp³-hybridized carbons (Fsp3) is 0.444. The van der Waals surface area contributed by atoms with Crippen molar-refractivity contribution in [1.82, 2.24) is 24.8 Å². The number of nitrogens with zero attached hydrogens (tertiary/aromatic N) is 4. The van der Waals surface area contributed by atoms with Crippen LogP contribution in [0.15, 0.2) is 36.8 Å². The predicted octanol–water partition coefficient (Wildman–Crippen LogP) is 1.24. The first-order valence-electron chi connectivity index (χ1n) is 8.54. The predicted molar refractivity (Wildman–Crippen MR) is 92.3 cm³/mol. The van der Waals surface area contributed by atoms with Gasteiger partial charge in [0, 0.05) is 57.3 Å². The zero-order chi connectivity index (χ0) is 17.6. The molecule has 25 heavy (non-hydrogen) atoms. The fourth-order valence-electron chi connectivity index (χ4n) is 3.13. The van der Waals surface area contributed by atoms with Crippen molar-refractivity contribution in [3.05, 3.63) is 48.3 Å². The summed E-state index contributed by atoms with van der Waals surface area (Å²) in [6.07, 6.45) is 6.91. The van der Waals surface area contributed by atoms with Gasteiger partial charge in [0.1, 0.15) is 5.82 Å². The van der Waals surface area contributed by atoms with Crippen molar-refractivity contribution in [2.24, 2.45) is 5.92 Å². The van der Waals surface area contributed by atoms with E-state index >= 15 is 0 Å². The van der Waals surface area contributed by atoms with Gasteiger partial charge in [-0.05, 0) is 18.6 Å². The van der Waals surface area contributed by atoms with Gasteiger partial charge in [-0.3, -0.25) is 14.6 Å². The number of hydrogen-bond donors (Lipinski definition) is 1. The van der Waals surface area contributed by atoms with E-state index in [2.05, 4.69) is 15.0 Å². The zero-order valence-electron chi connectivity index (χ0n) is 14.4. The molecular formula is C18H23N5O2. The zero-order valence-corrected chi connectivity index (χ0v) is 14.4. The van der Waals surface area contributed by atoms with Crippen LogP contribution in [0.2, 0.25) is 0 Å². The van der Waals surface area contributed by atoms with Gasteiger partial charge in [0.05, 0.1) is 12.5 Å². The molecule has 1 saturated heterocycles. The van der Waals surface area contributed by atoms with Crippen LogP contribution in [-0.4, -0.2) is 56.7 Å². The number of hydrogen-bond acceptors (Lipinski definition) is 4. The number of carbonyl (C=O) groups is 2. The molecule has 2 amide bonds. The molecule has 3 heterocycles. The van der Waals surface area contributed by atoms with Gasteiger partial charge in [-0.15, -0.1) is 0 Å². The Morgan fingerprint density at radius 1 is 1.36 bits per heavy atom. The average molecular weight is 341 g/mol. The number of pyridine rings is 1. The first-order valence-corrected chi connectivity index (χ1v) is 8.54. The Hall–Kier alpha value is -2.70. The monoisotopic (exact) mass is 341 g/mol. The van der Waals surface area contributed by atoms with E-state index in [1.54, 1.807) is 35.4 Å². The van der Waals surface area contributed by atoms with Crippen molar-refractivity contribution in [3.63, 3.8) is 0 Å². The molecule has 1 aliphatic heterocycles. The standard InChI is InChI=1S/C18H23N5O2/c1-22(13-16-20-9-10-21-16)18(25)14-5-6-17(24)23(12-14)11-7-15-4-2-3-8-19-15/h2-4,8-10,14H,5-7,11-13H2,1H3,(H,20,21)/t14-/m0/s1. The summed E-state index contributed by atoms with van der Waals surface area (Å²) in [7, 11) is 1.78. The molecule has 2 aromatic heterocycles. The summed E-state index contributed by atoms with van der Waals surface area (Å²) in [6, 6.07) is 5.77. The van der Waals surface area contributed by atoms with Gasteiger partial charge >= 0.3 is 0 Å². The van der Waals surface area contributed by atoms with E-state index in [-0.39, 0.29) is 17.7 Å². The van der Waals surface area contributed by atoms with Gasteiger partial charge in [0.25, 0.3) is 0 Å². The van der Waals surface area contributed by atoms with Crippen LogP contribution < -0.4 is 0 Å². The van der Waals surface area contributed by atoms with E-state index in [4.69, 9.17) is 0 Å². The average Bonchev–Trinajstić information content (AvgIpc) is 3.14. The van der Waals surface area contributed by atoms with Crippen LogP contribution in [-0.2, 0) is 22.6 Å². The van der Waals surface area contributed by atoms with Gasteiger partial charge in [0.15, 0.2) is 0 Å². The van der Waals surface area contributed by atoms with Crippen molar-refractivity contribution >= 4 is 11.8 Å². The van der Waals surface area contributed by atoms with Gasteiger partial charge < -0.3 is 14.8 Å². The summed E-state index contributed by atoms with van der Waals surface area (Å²) < 4.78 is 0. The largest absolute Gasteiger partial charge is 0.347 e. The van der Waals surface area contributed by atoms with Gasteiger partial charge in [-0.1, -0.05) is 6.07 Å². The lowest BCUT2D eigenvalue weighted by molar-refractivity contribution is -0.142. The SMILES string of the molecule is CN(Cc1ncc[nH]1)C(=O)[C@H]1CCC(=O)N(CCc2ccccn2)C1. The molecule has 3 rings (SSSR count). The van der Waals surface area contributed by atoms with E-state index in [1.807, 2.05) is 18.2 Å². The molecule has 2 aromatic rings. The van der Waals surface area contributed by atoms with Crippen molar-refractivity contribution in [1.29, 1.82) is 0 Å². The van der Waals surface area contributed by atoms with Crippen LogP contribution in [0, 0.1) is 5.92 Å². The Balaban J connectivity index is 1.55. The minimum atomic E-state index is -0.151. The molecule has 0 saturated carbocycles. The van der Waals surface area contributed by atoms with Crippen molar-refractivity contribution in [3.8, 4) is 0 Å². The lowest BCUT2D eigenvalue weighted by Gasteiger charge is -2.33. The molecule has 0 spiro atoms. The lowest BCUT2D eigenvalue weighted by atomic mass is 9.96. The molecule has 7 nitrogen and oxygen atoms in total. The van der Waals surface area contributed by atoms with Crippen LogP contribution in [0.3, 0.4) is 0 Å². The Morgan fingerprint density at radius 3 is 2.96 bits per heavy atom. The molecule has 1 N–H and O–H groups in total. The molecule has 0 unspecified atom stereocenters. The number of amides is 2. The summed E-state index contributed by atoms with van der Waals surface area (Å²) in [5, 5.41) is 0. The van der Waals surface area contributed by atoms with E-state index in [0.29, 0.717) is 38.9 Å². The molecule has 0 aromatic carbocycles. The number of likely N-dealkylation sites (tertiary alicyclic amines) is 1. The molecule has 0 bridgehead atoms. The maximum Gasteiger partial charge on any atom is 0.227 e. The highest BCUT2D eigenvalue weighted by Crippen LogP contribution is 2.20. The molecule has 0 radical (unpaired) electrons. The fourth-order valence-corrected chi connectivity index (χ4v) is 3.13. The van der Waals surface area contributed by atoms with Crippen molar-refractivity contribution in [2.75, 3.05) is 20.1 Å². The molecule has 0 aliphatic carbocycles. The summed E-state index contributed by atoms with van der Waals surface area (Å²) in [4.78, 5) is 39.8. The van der Waals surface area contributed by atoms with Gasteiger partial charge in [0.2, 0.25) is 11.8 Å². The second-order valence-electron chi connectivity index (χ2n) is 6.38. The lowest BCUT2D eigenvalue weighted by Crippen LogP contribution is -2.46. The number of H-pyrrole nitrogens is 1. The van der Waals surface area contributed by atoms with Crippen LogP contribution >= 0.6 is 0 Å². The smallest absolute Gasteiger partial charge is 0.227 e. The van der Waals surface area contributed by atoms with Crippen molar-refractivity contribution in [2.45, 2.75) is 25.8 Å². The topological polar surface area (TPSA) is 82.2 Å². The van der Waals surface area contributed by atoms with Gasteiger partial charge in [-0.2, -0.15) is 0 Å². The maximum absolute atomic E-state index is 12.7. The third-order valence-corrected chi connectivity index (χ3v) is 4.53. The first-order chi connectivity index (χ1) is 12.1. The molecule has 7 heteroatoms. The van der Waals surface area contributed by atoms with Crippen molar-refractivity contribution < 1.29 is 9.59 Å². The summed E-state index contributed by atoms with van der Waals surface area (Å²) in [6.45, 7) is 1.53. The quantitative estimate of drug-likeness (QED) is 0.857.